The molecule has 3 fully saturated rings. The van der Waals surface area contributed by atoms with Gasteiger partial charge in [-0.25, -0.2) is 0 Å². The van der Waals surface area contributed by atoms with E-state index in [2.05, 4.69) is 18.2 Å². The lowest BCUT2D eigenvalue weighted by molar-refractivity contribution is -0.143. The van der Waals surface area contributed by atoms with Crippen molar-refractivity contribution in [2.24, 2.45) is 5.92 Å². The molecule has 3 saturated carbocycles. The van der Waals surface area contributed by atoms with Crippen LogP contribution in [0.2, 0.25) is 0 Å². The number of esters is 1. The fourth-order valence-corrected chi connectivity index (χ4v) is 5.29. The highest BCUT2D eigenvalue weighted by atomic mass is 32.2. The molecule has 0 spiro atoms. The fraction of sp³-hybridized carbons (Fsp3) is 0.636. The van der Waals surface area contributed by atoms with Crippen molar-refractivity contribution in [1.82, 2.24) is 0 Å². The Kier molecular flexibility index (Phi) is 5.40. The number of methoxy groups -OCH3 is 1. The number of thioether (sulfide) groups is 1. The highest BCUT2D eigenvalue weighted by molar-refractivity contribution is 8.00. The summed E-state index contributed by atoms with van der Waals surface area (Å²) in [6.45, 7) is 0. The van der Waals surface area contributed by atoms with E-state index in [0.717, 1.165) is 30.1 Å². The monoisotopic (exact) mass is 372 g/mol. The number of rotatable bonds is 7. The van der Waals surface area contributed by atoms with Crippen LogP contribution in [0.3, 0.4) is 0 Å². The van der Waals surface area contributed by atoms with E-state index in [4.69, 9.17) is 4.74 Å². The maximum atomic E-state index is 12.5. The quantitative estimate of drug-likeness (QED) is 0.615. The van der Waals surface area contributed by atoms with Crippen LogP contribution >= 0.6 is 11.8 Å². The van der Waals surface area contributed by atoms with Gasteiger partial charge in [-0.15, -0.1) is 11.8 Å². The van der Waals surface area contributed by atoms with E-state index in [-0.39, 0.29) is 11.9 Å². The minimum Gasteiger partial charge on any atom is -0.469 e. The van der Waals surface area contributed by atoms with Gasteiger partial charge in [0, 0.05) is 23.0 Å². The van der Waals surface area contributed by atoms with E-state index in [9.17, 15) is 9.59 Å². The van der Waals surface area contributed by atoms with E-state index in [1.165, 1.54) is 43.3 Å². The lowest BCUT2D eigenvalue weighted by Crippen LogP contribution is -2.21. The van der Waals surface area contributed by atoms with Gasteiger partial charge in [-0.1, -0.05) is 12.1 Å². The Labute approximate surface area is 160 Å². The van der Waals surface area contributed by atoms with Crippen LogP contribution in [0.25, 0.3) is 0 Å². The van der Waals surface area contributed by atoms with Crippen molar-refractivity contribution in [3.63, 3.8) is 0 Å². The molecule has 4 heteroatoms. The lowest BCUT2D eigenvalue weighted by atomic mass is 9.80. The molecule has 3 aliphatic carbocycles. The molecule has 1 atom stereocenters. The lowest BCUT2D eigenvalue weighted by Gasteiger charge is -2.25. The Balaban J connectivity index is 1.55. The van der Waals surface area contributed by atoms with Gasteiger partial charge in [0.25, 0.3) is 0 Å². The van der Waals surface area contributed by atoms with Gasteiger partial charge in [-0.3, -0.25) is 9.59 Å². The third-order valence-electron chi connectivity index (χ3n) is 5.99. The second kappa shape index (κ2) is 7.75. The van der Waals surface area contributed by atoms with Gasteiger partial charge in [0.2, 0.25) is 0 Å². The van der Waals surface area contributed by atoms with Gasteiger partial charge < -0.3 is 4.74 Å². The van der Waals surface area contributed by atoms with Crippen molar-refractivity contribution in [2.75, 3.05) is 7.11 Å². The van der Waals surface area contributed by atoms with Gasteiger partial charge in [0.05, 0.1) is 13.0 Å². The number of hydrogen-bond donors (Lipinski definition) is 0. The van der Waals surface area contributed by atoms with Crippen molar-refractivity contribution >= 4 is 23.5 Å². The predicted octanol–water partition coefficient (Wildman–Crippen LogP) is 5.22. The summed E-state index contributed by atoms with van der Waals surface area (Å²) in [6, 6.07) is 6.68. The average Bonchev–Trinajstić information content (AvgIpc) is 3.55. The highest BCUT2D eigenvalue weighted by Gasteiger charge is 2.33. The zero-order valence-corrected chi connectivity index (χ0v) is 16.4. The Morgan fingerprint density at radius 3 is 2.50 bits per heavy atom. The summed E-state index contributed by atoms with van der Waals surface area (Å²) in [5, 5.41) is 0.800. The summed E-state index contributed by atoms with van der Waals surface area (Å²) in [6.07, 6.45) is 9.19. The Hall–Kier alpha value is -1.29. The van der Waals surface area contributed by atoms with Crippen LogP contribution in [0.1, 0.15) is 80.8 Å². The normalized spacial score (nSPS) is 22.3. The molecule has 0 N–H and O–H groups in total. The van der Waals surface area contributed by atoms with Crippen molar-refractivity contribution in [1.29, 1.82) is 0 Å². The first kappa shape index (κ1) is 18.1. The molecule has 140 valence electrons. The Bertz CT molecular complexity index is 681. The summed E-state index contributed by atoms with van der Waals surface area (Å²) in [7, 11) is 1.48. The molecule has 0 radical (unpaired) electrons. The first-order valence-electron chi connectivity index (χ1n) is 10.0. The van der Waals surface area contributed by atoms with Gasteiger partial charge in [-0.05, 0) is 74.0 Å². The molecule has 0 amide bonds. The van der Waals surface area contributed by atoms with E-state index in [0.29, 0.717) is 30.5 Å². The largest absolute Gasteiger partial charge is 0.469 e. The highest BCUT2D eigenvalue weighted by Crippen LogP contribution is 2.49. The molecular formula is C22H28O3S. The maximum absolute atomic E-state index is 12.5. The minimum atomic E-state index is -0.198. The van der Waals surface area contributed by atoms with Crippen molar-refractivity contribution in [3.8, 4) is 0 Å². The fourth-order valence-electron chi connectivity index (χ4n) is 4.05. The zero-order chi connectivity index (χ0) is 18.1. The summed E-state index contributed by atoms with van der Waals surface area (Å²) in [5.74, 6) is 1.17. The molecule has 0 saturated heterocycles. The van der Waals surface area contributed by atoms with E-state index >= 15 is 0 Å². The van der Waals surface area contributed by atoms with Crippen LogP contribution in [0.15, 0.2) is 23.1 Å². The summed E-state index contributed by atoms with van der Waals surface area (Å²) >= 11 is 2.02. The topological polar surface area (TPSA) is 43.4 Å². The molecular weight excluding hydrogens is 344 g/mol. The van der Waals surface area contributed by atoms with Gasteiger partial charge in [0.15, 0.2) is 0 Å². The molecule has 1 aromatic rings. The number of Topliss-reactive ketones (excluding diaryl/α,β-unsaturated/α-hetero) is 1. The first-order valence-corrected chi connectivity index (χ1v) is 10.9. The minimum absolute atomic E-state index is 0.133. The van der Waals surface area contributed by atoms with Gasteiger partial charge >= 0.3 is 5.97 Å². The number of hydrogen-bond acceptors (Lipinski definition) is 4. The molecule has 0 aromatic heterocycles. The molecule has 1 aromatic carbocycles. The molecule has 4 rings (SSSR count). The molecule has 0 heterocycles. The Morgan fingerprint density at radius 2 is 1.88 bits per heavy atom. The second-order valence-corrected chi connectivity index (χ2v) is 9.52. The molecule has 0 unspecified atom stereocenters. The number of ether oxygens (including phenoxy) is 1. The maximum Gasteiger partial charge on any atom is 0.313 e. The van der Waals surface area contributed by atoms with E-state index < -0.39 is 0 Å². The Morgan fingerprint density at radius 1 is 1.15 bits per heavy atom. The molecule has 3 aliphatic rings. The van der Waals surface area contributed by atoms with E-state index in [1.807, 2.05) is 11.8 Å². The van der Waals surface area contributed by atoms with E-state index in [1.54, 1.807) is 0 Å². The molecule has 3 nitrogen and oxygen atoms in total. The number of carbonyl (C=O) groups is 2. The summed E-state index contributed by atoms with van der Waals surface area (Å²) in [4.78, 5) is 25.5. The summed E-state index contributed by atoms with van der Waals surface area (Å²) in [5.41, 5.74) is 2.56. The zero-order valence-electron chi connectivity index (χ0n) is 15.5. The average molecular weight is 373 g/mol. The van der Waals surface area contributed by atoms with Crippen LogP contribution in [0.5, 0.6) is 0 Å². The van der Waals surface area contributed by atoms with Crippen molar-refractivity contribution < 1.29 is 14.3 Å². The van der Waals surface area contributed by atoms with Crippen LogP contribution in [-0.4, -0.2) is 24.1 Å². The summed E-state index contributed by atoms with van der Waals surface area (Å²) < 4.78 is 5.14. The SMILES string of the molecule is COC(=O)[C@H](CC1CCC(=O)CC1)c1ccc(SC2CC2)c(C2CC2)c1. The van der Waals surface area contributed by atoms with Crippen molar-refractivity contribution in [2.45, 2.75) is 79.8 Å². The molecule has 0 bridgehead atoms. The van der Waals surface area contributed by atoms with Gasteiger partial charge in [0.1, 0.15) is 5.78 Å². The molecule has 26 heavy (non-hydrogen) atoms. The van der Waals surface area contributed by atoms with Crippen LogP contribution in [-0.2, 0) is 14.3 Å². The second-order valence-electron chi connectivity index (χ2n) is 8.18. The number of ketones is 1. The van der Waals surface area contributed by atoms with Crippen LogP contribution in [0, 0.1) is 5.92 Å². The third kappa shape index (κ3) is 4.33. The predicted molar refractivity (Wildman–Crippen MR) is 104 cm³/mol. The smallest absolute Gasteiger partial charge is 0.313 e. The van der Waals surface area contributed by atoms with Gasteiger partial charge in [-0.2, -0.15) is 0 Å². The van der Waals surface area contributed by atoms with Crippen LogP contribution < -0.4 is 0 Å². The van der Waals surface area contributed by atoms with Crippen LogP contribution in [0.4, 0.5) is 0 Å². The third-order valence-corrected chi connectivity index (χ3v) is 7.42. The molecule has 0 aliphatic heterocycles. The first-order chi connectivity index (χ1) is 12.6. The number of benzene rings is 1. The van der Waals surface area contributed by atoms with Crippen molar-refractivity contribution in [3.05, 3.63) is 29.3 Å². The standard InChI is InChI=1S/C22H28O3S/c1-25-22(24)20(12-14-2-7-17(23)8-3-14)16-6-11-21(26-18-9-10-18)19(13-16)15-4-5-15/h6,11,13-15,18,20H,2-5,7-10,12H2,1H3/t20-/m1/s1. The number of carbonyl (C=O) groups excluding carboxylic acids is 2.